The summed E-state index contributed by atoms with van der Waals surface area (Å²) >= 11 is 1.73. The first-order valence-electron chi connectivity index (χ1n) is 5.43. The molecule has 1 aromatic rings. The van der Waals surface area contributed by atoms with Crippen molar-refractivity contribution in [3.05, 3.63) is 29.8 Å². The van der Waals surface area contributed by atoms with E-state index in [1.54, 1.807) is 11.8 Å². The Kier molecular flexibility index (Phi) is 3.85. The third-order valence-electron chi connectivity index (χ3n) is 2.65. The average Bonchev–Trinajstić information content (AvgIpc) is 2.73. The van der Waals surface area contributed by atoms with Gasteiger partial charge in [-0.2, -0.15) is 0 Å². The molecule has 0 fully saturated rings. The van der Waals surface area contributed by atoms with Crippen LogP contribution in [-0.2, 0) is 4.79 Å². The van der Waals surface area contributed by atoms with E-state index >= 15 is 0 Å². The number of carbonyl (C=O) groups excluding carboxylic acids is 1. The van der Waals surface area contributed by atoms with Gasteiger partial charge in [0.25, 0.3) is 0 Å². The molecule has 2 rings (SSSR count). The molecule has 3 nitrogen and oxygen atoms in total. The van der Waals surface area contributed by atoms with Crippen LogP contribution in [-0.4, -0.2) is 29.9 Å². The van der Waals surface area contributed by atoms with Crippen molar-refractivity contribution < 1.29 is 9.90 Å². The zero-order valence-corrected chi connectivity index (χ0v) is 9.80. The van der Waals surface area contributed by atoms with Gasteiger partial charge in [0.05, 0.1) is 5.92 Å². The van der Waals surface area contributed by atoms with Crippen LogP contribution >= 0.6 is 11.8 Å². The maximum atomic E-state index is 11.9. The summed E-state index contributed by atoms with van der Waals surface area (Å²) in [5, 5.41) is 11.5. The summed E-state index contributed by atoms with van der Waals surface area (Å²) in [4.78, 5) is 13.1. The number of thioether (sulfide) groups is 1. The van der Waals surface area contributed by atoms with Gasteiger partial charge in [-0.15, -0.1) is 11.8 Å². The largest absolute Gasteiger partial charge is 0.396 e. The maximum absolute atomic E-state index is 11.9. The molecule has 0 bridgehead atoms. The SMILES string of the molecule is O=C(NCCCO)C1CSc2ccccc21. The lowest BCUT2D eigenvalue weighted by Crippen LogP contribution is -2.30. The molecule has 1 aliphatic heterocycles. The molecular weight excluding hydrogens is 222 g/mol. The van der Waals surface area contributed by atoms with Gasteiger partial charge in [-0.3, -0.25) is 4.79 Å². The van der Waals surface area contributed by atoms with Crippen molar-refractivity contribution in [3.8, 4) is 0 Å². The minimum absolute atomic E-state index is 0.0279. The number of hydrogen-bond donors (Lipinski definition) is 2. The summed E-state index contributed by atoms with van der Waals surface area (Å²) in [7, 11) is 0. The van der Waals surface area contributed by atoms with Gasteiger partial charge in [0, 0.05) is 23.8 Å². The molecule has 0 saturated heterocycles. The molecular formula is C12H15NO2S. The molecule has 1 unspecified atom stereocenters. The Morgan fingerprint density at radius 2 is 2.31 bits per heavy atom. The Bertz CT molecular complexity index is 381. The lowest BCUT2D eigenvalue weighted by atomic mass is 10.0. The Morgan fingerprint density at radius 1 is 1.50 bits per heavy atom. The smallest absolute Gasteiger partial charge is 0.228 e. The molecule has 0 aliphatic carbocycles. The Morgan fingerprint density at radius 3 is 3.12 bits per heavy atom. The fourth-order valence-electron chi connectivity index (χ4n) is 1.79. The third-order valence-corrected chi connectivity index (χ3v) is 3.83. The second-order valence-electron chi connectivity index (χ2n) is 3.77. The van der Waals surface area contributed by atoms with Crippen LogP contribution in [0.2, 0.25) is 0 Å². The molecule has 1 amide bonds. The van der Waals surface area contributed by atoms with Gasteiger partial charge in [-0.05, 0) is 18.1 Å². The molecule has 4 heteroatoms. The highest BCUT2D eigenvalue weighted by Crippen LogP contribution is 2.39. The van der Waals surface area contributed by atoms with Crippen LogP contribution in [0.25, 0.3) is 0 Å². The van der Waals surface area contributed by atoms with Gasteiger partial charge in [0.2, 0.25) is 5.91 Å². The Hall–Kier alpha value is -1.00. The van der Waals surface area contributed by atoms with E-state index in [0.717, 1.165) is 11.3 Å². The van der Waals surface area contributed by atoms with E-state index in [2.05, 4.69) is 11.4 Å². The number of aliphatic hydroxyl groups excluding tert-OH is 1. The fraction of sp³-hybridized carbons (Fsp3) is 0.417. The highest BCUT2D eigenvalue weighted by Gasteiger charge is 2.28. The van der Waals surface area contributed by atoms with Crippen molar-refractivity contribution in [2.24, 2.45) is 0 Å². The van der Waals surface area contributed by atoms with E-state index in [1.807, 2.05) is 18.2 Å². The molecule has 0 radical (unpaired) electrons. The second-order valence-corrected chi connectivity index (χ2v) is 4.83. The van der Waals surface area contributed by atoms with Gasteiger partial charge < -0.3 is 10.4 Å². The fourth-order valence-corrected chi connectivity index (χ4v) is 3.02. The number of nitrogens with one attached hydrogen (secondary N) is 1. The predicted octanol–water partition coefficient (Wildman–Crippen LogP) is 1.37. The van der Waals surface area contributed by atoms with E-state index in [1.165, 1.54) is 4.90 Å². The second kappa shape index (κ2) is 5.37. The van der Waals surface area contributed by atoms with Gasteiger partial charge in [0.15, 0.2) is 0 Å². The molecule has 1 aromatic carbocycles. The number of aliphatic hydroxyl groups is 1. The zero-order valence-electron chi connectivity index (χ0n) is 8.98. The normalized spacial score (nSPS) is 18.2. The summed E-state index contributed by atoms with van der Waals surface area (Å²) in [6.45, 7) is 0.676. The first-order chi connectivity index (χ1) is 7.83. The lowest BCUT2D eigenvalue weighted by molar-refractivity contribution is -0.122. The van der Waals surface area contributed by atoms with Gasteiger partial charge in [-0.1, -0.05) is 18.2 Å². The van der Waals surface area contributed by atoms with Crippen molar-refractivity contribution in [2.45, 2.75) is 17.2 Å². The predicted molar refractivity (Wildman–Crippen MR) is 64.6 cm³/mol. The van der Waals surface area contributed by atoms with Crippen LogP contribution in [0.3, 0.4) is 0 Å². The number of hydrogen-bond acceptors (Lipinski definition) is 3. The summed E-state index contributed by atoms with van der Waals surface area (Å²) in [5.41, 5.74) is 1.13. The summed E-state index contributed by atoms with van der Waals surface area (Å²) < 4.78 is 0. The molecule has 1 atom stereocenters. The minimum Gasteiger partial charge on any atom is -0.396 e. The average molecular weight is 237 g/mol. The van der Waals surface area contributed by atoms with Crippen molar-refractivity contribution in [1.82, 2.24) is 5.32 Å². The molecule has 1 aliphatic rings. The van der Waals surface area contributed by atoms with Crippen molar-refractivity contribution >= 4 is 17.7 Å². The Balaban J connectivity index is 1.99. The monoisotopic (exact) mass is 237 g/mol. The van der Waals surface area contributed by atoms with E-state index in [-0.39, 0.29) is 18.4 Å². The minimum atomic E-state index is -0.0279. The van der Waals surface area contributed by atoms with E-state index in [0.29, 0.717) is 13.0 Å². The number of amides is 1. The molecule has 0 aromatic heterocycles. The molecule has 1 heterocycles. The van der Waals surface area contributed by atoms with Crippen LogP contribution in [0.4, 0.5) is 0 Å². The van der Waals surface area contributed by atoms with Crippen molar-refractivity contribution in [2.75, 3.05) is 18.9 Å². The van der Waals surface area contributed by atoms with Crippen LogP contribution in [0.1, 0.15) is 17.9 Å². The van der Waals surface area contributed by atoms with Crippen LogP contribution < -0.4 is 5.32 Å². The summed E-state index contributed by atoms with van der Waals surface area (Å²) in [6.07, 6.45) is 0.618. The number of benzene rings is 1. The van der Waals surface area contributed by atoms with Crippen LogP contribution in [0, 0.1) is 0 Å². The van der Waals surface area contributed by atoms with Crippen molar-refractivity contribution in [1.29, 1.82) is 0 Å². The third kappa shape index (κ3) is 2.39. The van der Waals surface area contributed by atoms with E-state index in [4.69, 9.17) is 5.11 Å². The number of carbonyl (C=O) groups is 1. The highest BCUT2D eigenvalue weighted by molar-refractivity contribution is 7.99. The van der Waals surface area contributed by atoms with Gasteiger partial charge in [0.1, 0.15) is 0 Å². The van der Waals surface area contributed by atoms with Crippen LogP contribution in [0.5, 0.6) is 0 Å². The molecule has 2 N–H and O–H groups in total. The standard InChI is InChI=1S/C12H15NO2S/c14-7-3-6-13-12(15)10-8-16-11-5-2-1-4-9(10)11/h1-2,4-5,10,14H,3,6-8H2,(H,13,15). The first-order valence-corrected chi connectivity index (χ1v) is 6.42. The quantitative estimate of drug-likeness (QED) is 0.778. The van der Waals surface area contributed by atoms with Crippen molar-refractivity contribution in [3.63, 3.8) is 0 Å². The zero-order chi connectivity index (χ0) is 11.4. The van der Waals surface area contributed by atoms with E-state index < -0.39 is 0 Å². The van der Waals surface area contributed by atoms with Gasteiger partial charge in [-0.25, -0.2) is 0 Å². The Labute approximate surface area is 99.2 Å². The van der Waals surface area contributed by atoms with Crippen LogP contribution in [0.15, 0.2) is 29.2 Å². The summed E-state index contributed by atoms with van der Waals surface area (Å²) in [5.74, 6) is 0.871. The van der Waals surface area contributed by atoms with Gasteiger partial charge >= 0.3 is 0 Å². The molecule has 16 heavy (non-hydrogen) atoms. The highest BCUT2D eigenvalue weighted by atomic mass is 32.2. The van der Waals surface area contributed by atoms with E-state index in [9.17, 15) is 4.79 Å². The first kappa shape index (κ1) is 11.5. The number of fused-ring (bicyclic) bond motifs is 1. The molecule has 0 saturated carbocycles. The lowest BCUT2D eigenvalue weighted by Gasteiger charge is -2.10. The maximum Gasteiger partial charge on any atom is 0.228 e. The summed E-state index contributed by atoms with van der Waals surface area (Å²) in [6, 6.07) is 8.04. The molecule has 0 spiro atoms. The topological polar surface area (TPSA) is 49.3 Å². The molecule has 86 valence electrons. The number of rotatable bonds is 4.